The van der Waals surface area contributed by atoms with E-state index in [1.54, 1.807) is 0 Å². The number of alkyl halides is 7. The van der Waals surface area contributed by atoms with Gasteiger partial charge in [-0.3, -0.25) is 0 Å². The number of hydrogen-bond acceptors (Lipinski definition) is 0. The maximum Gasteiger partial charge on any atom is 0.405 e. The zero-order chi connectivity index (χ0) is 9.28. The van der Waals surface area contributed by atoms with Crippen LogP contribution in [0, 0.1) is 0 Å². The standard InChI is InChI=1S/C4H3ClF6/c5-2(4(9,10)11)1-3(6,7)8/h2H,1H2. The molecule has 0 nitrogen and oxygen atoms in total. The Morgan fingerprint density at radius 3 is 1.45 bits per heavy atom. The van der Waals surface area contributed by atoms with Gasteiger partial charge in [-0.05, 0) is 0 Å². The molecule has 0 saturated heterocycles. The first-order chi connectivity index (χ1) is 4.63. The Labute approximate surface area is 63.1 Å². The van der Waals surface area contributed by atoms with E-state index in [0.717, 1.165) is 0 Å². The first-order valence-corrected chi connectivity index (χ1v) is 2.84. The zero-order valence-electron chi connectivity index (χ0n) is 4.93. The van der Waals surface area contributed by atoms with Crippen LogP contribution in [0.15, 0.2) is 0 Å². The third-order valence-corrected chi connectivity index (χ3v) is 1.17. The molecule has 1 unspecified atom stereocenters. The topological polar surface area (TPSA) is 0 Å². The van der Waals surface area contributed by atoms with Gasteiger partial charge in [0.2, 0.25) is 0 Å². The quantitative estimate of drug-likeness (QED) is 0.451. The Morgan fingerprint density at radius 1 is 1.00 bits per heavy atom. The van der Waals surface area contributed by atoms with Gasteiger partial charge in [-0.1, -0.05) is 0 Å². The van der Waals surface area contributed by atoms with E-state index < -0.39 is 24.2 Å². The zero-order valence-corrected chi connectivity index (χ0v) is 5.69. The fraction of sp³-hybridized carbons (Fsp3) is 1.00. The van der Waals surface area contributed by atoms with Gasteiger partial charge >= 0.3 is 12.4 Å². The van der Waals surface area contributed by atoms with E-state index in [1.165, 1.54) is 0 Å². The predicted octanol–water partition coefficient (Wildman–Crippen LogP) is 3.11. The lowest BCUT2D eigenvalue weighted by atomic mass is 10.3. The first-order valence-electron chi connectivity index (χ1n) is 2.40. The summed E-state index contributed by atoms with van der Waals surface area (Å²) >= 11 is 4.40. The molecule has 0 aromatic heterocycles. The molecule has 0 aliphatic heterocycles. The van der Waals surface area contributed by atoms with Gasteiger partial charge in [0.1, 0.15) is 5.38 Å². The number of halogens is 7. The molecule has 0 aliphatic carbocycles. The molecule has 0 N–H and O–H groups in total. The van der Waals surface area contributed by atoms with Gasteiger partial charge in [0.25, 0.3) is 0 Å². The summed E-state index contributed by atoms with van der Waals surface area (Å²) in [6.45, 7) is 0. The molecule has 68 valence electrons. The van der Waals surface area contributed by atoms with Crippen LogP contribution in [0.25, 0.3) is 0 Å². The minimum absolute atomic E-state index is 2.04. The van der Waals surface area contributed by atoms with Crippen LogP contribution in [0.1, 0.15) is 6.42 Å². The van der Waals surface area contributed by atoms with E-state index >= 15 is 0 Å². The molecule has 11 heavy (non-hydrogen) atoms. The molecule has 0 radical (unpaired) electrons. The molecule has 0 aromatic carbocycles. The average molecular weight is 201 g/mol. The fourth-order valence-corrected chi connectivity index (χ4v) is 0.494. The molecule has 0 aliphatic rings. The second-order valence-corrected chi connectivity index (χ2v) is 2.36. The van der Waals surface area contributed by atoms with Gasteiger partial charge in [0.15, 0.2) is 0 Å². The maximum absolute atomic E-state index is 11.3. The van der Waals surface area contributed by atoms with Crippen molar-refractivity contribution in [3.8, 4) is 0 Å². The second-order valence-electron chi connectivity index (χ2n) is 1.83. The molecular weight excluding hydrogens is 197 g/mol. The summed E-state index contributed by atoms with van der Waals surface area (Å²) in [5.74, 6) is 0. The summed E-state index contributed by atoms with van der Waals surface area (Å²) in [6.07, 6.45) is -11.9. The predicted molar refractivity (Wildman–Crippen MR) is 26.4 cm³/mol. The molecule has 0 aromatic rings. The smallest absolute Gasteiger partial charge is 0.171 e. The Balaban J connectivity index is 3.99. The van der Waals surface area contributed by atoms with E-state index in [4.69, 9.17) is 0 Å². The van der Waals surface area contributed by atoms with E-state index in [1.807, 2.05) is 0 Å². The van der Waals surface area contributed by atoms with Crippen molar-refractivity contribution in [1.29, 1.82) is 0 Å². The lowest BCUT2D eigenvalue weighted by Gasteiger charge is -2.14. The van der Waals surface area contributed by atoms with Gasteiger partial charge in [-0.2, -0.15) is 26.3 Å². The van der Waals surface area contributed by atoms with Gasteiger partial charge in [-0.25, -0.2) is 0 Å². The van der Waals surface area contributed by atoms with Crippen molar-refractivity contribution in [2.75, 3.05) is 0 Å². The largest absolute Gasteiger partial charge is 0.405 e. The maximum atomic E-state index is 11.3. The SMILES string of the molecule is FC(F)(F)CC(Cl)C(F)(F)F. The van der Waals surface area contributed by atoms with E-state index in [0.29, 0.717) is 0 Å². The highest BCUT2D eigenvalue weighted by atomic mass is 35.5. The summed E-state index contributed by atoms with van der Waals surface area (Å²) in [6, 6.07) is 0. The molecule has 0 bridgehead atoms. The number of rotatable bonds is 1. The Kier molecular flexibility index (Phi) is 3.05. The van der Waals surface area contributed by atoms with Crippen molar-refractivity contribution in [2.24, 2.45) is 0 Å². The van der Waals surface area contributed by atoms with Crippen molar-refractivity contribution < 1.29 is 26.3 Å². The van der Waals surface area contributed by atoms with E-state index in [-0.39, 0.29) is 0 Å². The van der Waals surface area contributed by atoms with Crippen LogP contribution in [0.3, 0.4) is 0 Å². The van der Waals surface area contributed by atoms with E-state index in [2.05, 4.69) is 11.6 Å². The second kappa shape index (κ2) is 3.08. The number of hydrogen-bond donors (Lipinski definition) is 0. The molecule has 7 heteroatoms. The lowest BCUT2D eigenvalue weighted by Crippen LogP contribution is -2.28. The molecular formula is C4H3ClF6. The molecule has 0 heterocycles. The van der Waals surface area contributed by atoms with Crippen LogP contribution < -0.4 is 0 Å². The van der Waals surface area contributed by atoms with Gasteiger partial charge in [0, 0.05) is 0 Å². The third-order valence-electron chi connectivity index (χ3n) is 0.766. The van der Waals surface area contributed by atoms with Gasteiger partial charge in [0.05, 0.1) is 6.42 Å². The van der Waals surface area contributed by atoms with Crippen LogP contribution in [0.2, 0.25) is 0 Å². The Hall–Kier alpha value is -0.130. The minimum atomic E-state index is -4.99. The Bertz CT molecular complexity index is 124. The van der Waals surface area contributed by atoms with Crippen LogP contribution in [-0.4, -0.2) is 17.7 Å². The average Bonchev–Trinajstić information content (AvgIpc) is 1.56. The first kappa shape index (κ1) is 10.9. The summed E-state index contributed by atoms with van der Waals surface area (Å²) < 4.78 is 67.8. The van der Waals surface area contributed by atoms with Gasteiger partial charge in [-0.15, -0.1) is 11.6 Å². The molecule has 1 atom stereocenters. The highest BCUT2D eigenvalue weighted by Gasteiger charge is 2.45. The fourth-order valence-electron chi connectivity index (χ4n) is 0.319. The molecule has 0 spiro atoms. The monoisotopic (exact) mass is 200 g/mol. The third kappa shape index (κ3) is 5.17. The lowest BCUT2D eigenvalue weighted by molar-refractivity contribution is -0.180. The van der Waals surface area contributed by atoms with Gasteiger partial charge < -0.3 is 0 Å². The summed E-state index contributed by atoms with van der Waals surface area (Å²) in [5, 5.41) is -2.84. The molecule has 0 fully saturated rings. The summed E-state index contributed by atoms with van der Waals surface area (Å²) in [4.78, 5) is 0. The van der Waals surface area contributed by atoms with Crippen molar-refractivity contribution >= 4 is 11.6 Å². The normalized spacial score (nSPS) is 16.6. The van der Waals surface area contributed by atoms with Crippen molar-refractivity contribution in [3.05, 3.63) is 0 Å². The summed E-state index contributed by atoms with van der Waals surface area (Å²) in [7, 11) is 0. The highest BCUT2D eigenvalue weighted by Crippen LogP contribution is 2.33. The molecule has 0 rings (SSSR count). The Morgan fingerprint density at radius 2 is 1.36 bits per heavy atom. The van der Waals surface area contributed by atoms with Crippen LogP contribution in [0.5, 0.6) is 0 Å². The van der Waals surface area contributed by atoms with Crippen LogP contribution >= 0.6 is 11.6 Å². The highest BCUT2D eigenvalue weighted by molar-refractivity contribution is 6.21. The minimum Gasteiger partial charge on any atom is -0.171 e. The van der Waals surface area contributed by atoms with Crippen molar-refractivity contribution in [1.82, 2.24) is 0 Å². The van der Waals surface area contributed by atoms with E-state index in [9.17, 15) is 26.3 Å². The van der Waals surface area contributed by atoms with Crippen molar-refractivity contribution in [3.63, 3.8) is 0 Å². The summed E-state index contributed by atoms with van der Waals surface area (Å²) in [5.41, 5.74) is 0. The molecule has 0 amide bonds. The molecule has 0 saturated carbocycles. The van der Waals surface area contributed by atoms with Crippen LogP contribution in [0.4, 0.5) is 26.3 Å². The van der Waals surface area contributed by atoms with Crippen LogP contribution in [-0.2, 0) is 0 Å². The van der Waals surface area contributed by atoms with Crippen molar-refractivity contribution in [2.45, 2.75) is 24.2 Å².